The van der Waals surface area contributed by atoms with Crippen molar-refractivity contribution >= 4 is 11.6 Å². The van der Waals surface area contributed by atoms with Gasteiger partial charge in [0.05, 0.1) is 0 Å². The molecule has 19 heavy (non-hydrogen) atoms. The van der Waals surface area contributed by atoms with Gasteiger partial charge in [0, 0.05) is 24.6 Å². The van der Waals surface area contributed by atoms with Crippen molar-refractivity contribution in [1.82, 2.24) is 9.97 Å². The highest BCUT2D eigenvalue weighted by Crippen LogP contribution is 2.22. The zero-order chi connectivity index (χ0) is 13.7. The van der Waals surface area contributed by atoms with E-state index in [4.69, 9.17) is 5.73 Å². The maximum atomic E-state index is 5.53. The molecule has 0 aliphatic rings. The van der Waals surface area contributed by atoms with Crippen LogP contribution in [0.15, 0.2) is 36.7 Å². The summed E-state index contributed by atoms with van der Waals surface area (Å²) in [6.07, 6.45) is 4.53. The van der Waals surface area contributed by atoms with Gasteiger partial charge in [0.25, 0.3) is 0 Å². The third-order valence-corrected chi connectivity index (χ3v) is 3.00. The minimum Gasteiger partial charge on any atom is -0.330 e. The van der Waals surface area contributed by atoms with Crippen molar-refractivity contribution in [3.8, 4) is 0 Å². The van der Waals surface area contributed by atoms with E-state index in [-0.39, 0.29) is 0 Å². The van der Waals surface area contributed by atoms with Gasteiger partial charge in [0.2, 0.25) is 5.95 Å². The van der Waals surface area contributed by atoms with Gasteiger partial charge in [-0.1, -0.05) is 12.1 Å². The third-order valence-electron chi connectivity index (χ3n) is 3.00. The number of hydrogen-bond donors (Lipinski definition) is 1. The molecule has 0 spiro atoms. The van der Waals surface area contributed by atoms with E-state index in [1.54, 1.807) is 0 Å². The molecule has 0 amide bonds. The predicted molar refractivity (Wildman–Crippen MR) is 78.6 cm³/mol. The largest absolute Gasteiger partial charge is 0.330 e. The Labute approximate surface area is 114 Å². The normalized spacial score (nSPS) is 10.5. The van der Waals surface area contributed by atoms with Crippen LogP contribution in [-0.2, 0) is 6.42 Å². The van der Waals surface area contributed by atoms with Gasteiger partial charge < -0.3 is 10.6 Å². The summed E-state index contributed by atoms with van der Waals surface area (Å²) in [5, 5.41) is 0. The van der Waals surface area contributed by atoms with Crippen LogP contribution in [0.25, 0.3) is 0 Å². The summed E-state index contributed by atoms with van der Waals surface area (Å²) in [5.41, 5.74) is 8.95. The summed E-state index contributed by atoms with van der Waals surface area (Å²) in [5.74, 6) is 0.730. The highest BCUT2D eigenvalue weighted by Gasteiger charge is 2.09. The van der Waals surface area contributed by atoms with Crippen molar-refractivity contribution in [3.63, 3.8) is 0 Å². The fraction of sp³-hybridized carbons (Fsp3) is 0.333. The topological polar surface area (TPSA) is 55.0 Å². The molecule has 0 atom stereocenters. The van der Waals surface area contributed by atoms with E-state index in [2.05, 4.69) is 53.0 Å². The second-order valence-corrected chi connectivity index (χ2v) is 4.51. The maximum Gasteiger partial charge on any atom is 0.229 e. The van der Waals surface area contributed by atoms with Crippen molar-refractivity contribution in [2.75, 3.05) is 18.0 Å². The van der Waals surface area contributed by atoms with Gasteiger partial charge in [-0.2, -0.15) is 0 Å². The number of aromatic nitrogens is 2. The van der Waals surface area contributed by atoms with Gasteiger partial charge in [-0.3, -0.25) is 0 Å². The third kappa shape index (κ3) is 3.29. The molecule has 100 valence electrons. The lowest BCUT2D eigenvalue weighted by molar-refractivity contribution is 0.906. The SMILES string of the molecule is CCN(c1cccc(C)c1)c1ncc(CCN)cn1. The zero-order valence-electron chi connectivity index (χ0n) is 11.5. The van der Waals surface area contributed by atoms with E-state index in [9.17, 15) is 0 Å². The van der Waals surface area contributed by atoms with Crippen molar-refractivity contribution < 1.29 is 0 Å². The van der Waals surface area contributed by atoms with Crippen molar-refractivity contribution in [2.45, 2.75) is 20.3 Å². The summed E-state index contributed by atoms with van der Waals surface area (Å²) in [4.78, 5) is 11.0. The molecule has 0 fully saturated rings. The standard InChI is InChI=1S/C15H20N4/c1-3-19(14-6-4-5-12(2)9-14)15-17-10-13(7-8-16)11-18-15/h4-6,9-11H,3,7-8,16H2,1-2H3. The molecule has 1 aromatic heterocycles. The monoisotopic (exact) mass is 256 g/mol. The van der Waals surface area contributed by atoms with Gasteiger partial charge in [-0.15, -0.1) is 0 Å². The Morgan fingerprint density at radius 3 is 2.53 bits per heavy atom. The zero-order valence-corrected chi connectivity index (χ0v) is 11.5. The van der Waals surface area contributed by atoms with Crippen LogP contribution in [0.1, 0.15) is 18.1 Å². The molecule has 0 unspecified atom stereocenters. The number of nitrogens with two attached hydrogens (primary N) is 1. The summed E-state index contributed by atoms with van der Waals surface area (Å²) in [6, 6.07) is 8.35. The average molecular weight is 256 g/mol. The molecule has 4 nitrogen and oxygen atoms in total. The van der Waals surface area contributed by atoms with Crippen molar-refractivity contribution in [1.29, 1.82) is 0 Å². The first-order valence-electron chi connectivity index (χ1n) is 6.59. The van der Waals surface area contributed by atoms with Crippen LogP contribution in [0.5, 0.6) is 0 Å². The molecule has 1 aromatic carbocycles. The molecule has 0 bridgehead atoms. The number of hydrogen-bond acceptors (Lipinski definition) is 4. The lowest BCUT2D eigenvalue weighted by Crippen LogP contribution is -2.19. The van der Waals surface area contributed by atoms with E-state index in [0.29, 0.717) is 6.54 Å². The molecule has 2 aromatic rings. The van der Waals surface area contributed by atoms with E-state index in [1.807, 2.05) is 12.4 Å². The fourth-order valence-corrected chi connectivity index (χ4v) is 2.02. The van der Waals surface area contributed by atoms with Crippen molar-refractivity contribution in [3.05, 3.63) is 47.8 Å². The van der Waals surface area contributed by atoms with Crippen LogP contribution < -0.4 is 10.6 Å². The first kappa shape index (κ1) is 13.5. The van der Waals surface area contributed by atoms with Gasteiger partial charge >= 0.3 is 0 Å². The number of aryl methyl sites for hydroxylation is 1. The minimum atomic E-state index is 0.623. The molecule has 2 rings (SSSR count). The van der Waals surface area contributed by atoms with E-state index < -0.39 is 0 Å². The first-order valence-corrected chi connectivity index (χ1v) is 6.59. The lowest BCUT2D eigenvalue weighted by atomic mass is 10.2. The first-order chi connectivity index (χ1) is 9.24. The van der Waals surface area contributed by atoms with Crippen LogP contribution in [0.2, 0.25) is 0 Å². The Morgan fingerprint density at radius 2 is 1.95 bits per heavy atom. The van der Waals surface area contributed by atoms with Crippen LogP contribution in [0.3, 0.4) is 0 Å². The number of anilines is 2. The predicted octanol–water partition coefficient (Wildman–Crippen LogP) is 2.44. The Balaban J connectivity index is 2.26. The molecule has 0 radical (unpaired) electrons. The number of rotatable bonds is 5. The van der Waals surface area contributed by atoms with Gasteiger partial charge in [-0.25, -0.2) is 9.97 Å². The van der Waals surface area contributed by atoms with Gasteiger partial charge in [0.1, 0.15) is 0 Å². The maximum absolute atomic E-state index is 5.53. The smallest absolute Gasteiger partial charge is 0.229 e. The van der Waals surface area contributed by atoms with E-state index >= 15 is 0 Å². The highest BCUT2D eigenvalue weighted by atomic mass is 15.2. The fourth-order valence-electron chi connectivity index (χ4n) is 2.02. The molecule has 0 aliphatic carbocycles. The van der Waals surface area contributed by atoms with Crippen LogP contribution in [-0.4, -0.2) is 23.1 Å². The van der Waals surface area contributed by atoms with Gasteiger partial charge in [-0.05, 0) is 50.1 Å². The quantitative estimate of drug-likeness (QED) is 0.892. The van der Waals surface area contributed by atoms with E-state index in [1.165, 1.54) is 5.56 Å². The van der Waals surface area contributed by atoms with Crippen LogP contribution >= 0.6 is 0 Å². The molecule has 0 saturated heterocycles. The average Bonchev–Trinajstić information content (AvgIpc) is 2.42. The molecule has 1 heterocycles. The summed E-state index contributed by atoms with van der Waals surface area (Å²) >= 11 is 0. The van der Waals surface area contributed by atoms with Crippen LogP contribution in [0, 0.1) is 6.92 Å². The highest BCUT2D eigenvalue weighted by molar-refractivity contribution is 5.57. The lowest BCUT2D eigenvalue weighted by Gasteiger charge is -2.21. The minimum absolute atomic E-state index is 0.623. The second-order valence-electron chi connectivity index (χ2n) is 4.51. The Bertz CT molecular complexity index is 522. The Kier molecular flexibility index (Phi) is 4.47. The second kappa shape index (κ2) is 6.29. The molecule has 0 aliphatic heterocycles. The number of benzene rings is 1. The van der Waals surface area contributed by atoms with Crippen LogP contribution in [0.4, 0.5) is 11.6 Å². The Morgan fingerprint density at radius 1 is 1.21 bits per heavy atom. The summed E-state index contributed by atoms with van der Waals surface area (Å²) in [7, 11) is 0. The number of nitrogens with zero attached hydrogens (tertiary/aromatic N) is 3. The Hall–Kier alpha value is -1.94. The molecular formula is C15H20N4. The summed E-state index contributed by atoms with van der Waals surface area (Å²) < 4.78 is 0. The summed E-state index contributed by atoms with van der Waals surface area (Å²) in [6.45, 7) is 5.64. The molecular weight excluding hydrogens is 236 g/mol. The molecule has 2 N–H and O–H groups in total. The van der Waals surface area contributed by atoms with Gasteiger partial charge in [0.15, 0.2) is 0 Å². The van der Waals surface area contributed by atoms with Crippen molar-refractivity contribution in [2.24, 2.45) is 5.73 Å². The molecule has 4 heteroatoms. The van der Waals surface area contributed by atoms with E-state index in [0.717, 1.165) is 30.2 Å². The molecule has 0 saturated carbocycles.